The zero-order valence-corrected chi connectivity index (χ0v) is 28.2. The maximum absolute atomic E-state index is 10.7. The number of hydrogen-bond donors (Lipinski definition) is 1. The lowest BCUT2D eigenvalue weighted by Crippen LogP contribution is -2.44. The minimum absolute atomic E-state index is 0.116. The lowest BCUT2D eigenvalue weighted by atomic mass is 9.99. The number of aliphatic hydroxyl groups is 1. The Balaban J connectivity index is 2.78. The Kier molecular flexibility index (Phi) is 13.1. The van der Waals surface area contributed by atoms with Crippen LogP contribution in [0.4, 0.5) is 0 Å². The molecule has 6 heteroatoms. The van der Waals surface area contributed by atoms with E-state index in [9.17, 15) is 5.11 Å². The van der Waals surface area contributed by atoms with Crippen LogP contribution in [0.5, 0.6) is 0 Å². The average molecular weight is 551 g/mol. The number of unbranched alkanes of at least 4 members (excludes halogenated alkanes) is 1. The van der Waals surface area contributed by atoms with Gasteiger partial charge in [-0.15, -0.1) is 0 Å². The van der Waals surface area contributed by atoms with Gasteiger partial charge in [0, 0.05) is 6.61 Å². The van der Waals surface area contributed by atoms with Crippen LogP contribution in [-0.2, 0) is 13.6 Å². The van der Waals surface area contributed by atoms with E-state index in [-0.39, 0.29) is 28.4 Å². The van der Waals surface area contributed by atoms with Gasteiger partial charge in [-0.2, -0.15) is 0 Å². The van der Waals surface area contributed by atoms with Crippen molar-refractivity contribution in [2.45, 2.75) is 155 Å². The van der Waals surface area contributed by atoms with Crippen molar-refractivity contribution >= 4 is 16.6 Å². The van der Waals surface area contributed by atoms with E-state index in [1.165, 1.54) is 0 Å². The third kappa shape index (κ3) is 10.8. The minimum atomic E-state index is -1.98. The van der Waals surface area contributed by atoms with Gasteiger partial charge in [-0.25, -0.2) is 0 Å². The summed E-state index contributed by atoms with van der Waals surface area (Å²) < 4.78 is 19.2. The van der Waals surface area contributed by atoms with Gasteiger partial charge < -0.3 is 18.7 Å². The fourth-order valence-corrected chi connectivity index (χ4v) is 6.11. The summed E-state index contributed by atoms with van der Waals surface area (Å²) >= 11 is 0. The summed E-state index contributed by atoms with van der Waals surface area (Å²) in [6.07, 6.45) is 6.70. The van der Waals surface area contributed by atoms with Crippen molar-refractivity contribution in [2.75, 3.05) is 6.61 Å². The summed E-state index contributed by atoms with van der Waals surface area (Å²) in [5.41, 5.74) is 2.17. The highest BCUT2D eigenvalue weighted by Gasteiger charge is 2.40. The molecular formula is C31H58O4Si2. The first-order valence-corrected chi connectivity index (χ1v) is 20.1. The predicted octanol–water partition coefficient (Wildman–Crippen LogP) is 8.39. The molecule has 0 unspecified atom stereocenters. The Morgan fingerprint density at radius 1 is 1.08 bits per heavy atom. The Hall–Kier alpha value is -0.686. The molecule has 1 rings (SSSR count). The normalized spacial score (nSPS) is 21.4. The van der Waals surface area contributed by atoms with Gasteiger partial charge in [0.05, 0.1) is 18.3 Å². The number of rotatable bonds is 12. The SMILES string of the molecule is C=C(CCCC)[C@H](O[Si](C)(C)C(C)(C)C)/C(C)=C/C#C[C@H](O)[C@H]1CC[C@H](CCO[Si](C)(C)C(C)(C)C)O1. The molecule has 0 aliphatic carbocycles. The monoisotopic (exact) mass is 550 g/mol. The molecule has 1 aliphatic heterocycles. The third-order valence-corrected chi connectivity index (χ3v) is 17.6. The molecule has 0 aromatic carbocycles. The zero-order valence-electron chi connectivity index (χ0n) is 26.2. The smallest absolute Gasteiger partial charge is 0.193 e. The molecule has 4 atom stereocenters. The zero-order chi connectivity index (χ0) is 28.7. The molecule has 1 aliphatic rings. The molecule has 214 valence electrons. The van der Waals surface area contributed by atoms with E-state index in [4.69, 9.17) is 13.6 Å². The van der Waals surface area contributed by atoms with E-state index in [0.29, 0.717) is 0 Å². The molecule has 0 amide bonds. The molecule has 1 heterocycles. The standard InChI is InChI=1S/C31H58O4Si2/c1-14-15-17-24(2)29(35-37(12,13)31(7,8)9)25(3)18-16-19-27(32)28-21-20-26(34-28)22-23-33-36(10,11)30(4,5)6/h18,26-29,32H,2,14-15,17,20-23H2,1,3-13H3/b25-18+/t26-,27+,28-,29+/m1/s1. The van der Waals surface area contributed by atoms with Crippen molar-refractivity contribution in [1.29, 1.82) is 0 Å². The molecule has 1 fully saturated rings. The van der Waals surface area contributed by atoms with E-state index in [1.54, 1.807) is 0 Å². The second-order valence-corrected chi connectivity index (χ2v) is 23.5. The molecule has 37 heavy (non-hydrogen) atoms. The van der Waals surface area contributed by atoms with Gasteiger partial charge in [0.2, 0.25) is 0 Å². The molecule has 0 spiro atoms. The molecule has 1 saturated heterocycles. The quantitative estimate of drug-likeness (QED) is 0.151. The lowest BCUT2D eigenvalue weighted by Gasteiger charge is -2.40. The van der Waals surface area contributed by atoms with E-state index in [1.807, 2.05) is 6.08 Å². The summed E-state index contributed by atoms with van der Waals surface area (Å²) in [6.45, 7) is 32.0. The summed E-state index contributed by atoms with van der Waals surface area (Å²) in [5, 5.41) is 11.0. The first-order valence-electron chi connectivity index (χ1n) is 14.3. The highest BCUT2D eigenvalue weighted by atomic mass is 28.4. The molecule has 0 bridgehead atoms. The van der Waals surface area contributed by atoms with Crippen LogP contribution >= 0.6 is 0 Å². The summed E-state index contributed by atoms with van der Waals surface area (Å²) in [6, 6.07) is 0. The van der Waals surface area contributed by atoms with Crippen molar-refractivity contribution in [3.8, 4) is 11.8 Å². The maximum Gasteiger partial charge on any atom is 0.193 e. The molecule has 1 N–H and O–H groups in total. The Morgan fingerprint density at radius 2 is 1.68 bits per heavy atom. The van der Waals surface area contributed by atoms with Gasteiger partial charge in [-0.05, 0) is 92.5 Å². The van der Waals surface area contributed by atoms with E-state index < -0.39 is 22.7 Å². The molecule has 0 radical (unpaired) electrons. The Labute approximate surface area is 231 Å². The highest BCUT2D eigenvalue weighted by Crippen LogP contribution is 2.39. The lowest BCUT2D eigenvalue weighted by molar-refractivity contribution is -0.0187. The fourth-order valence-electron chi connectivity index (χ4n) is 3.75. The van der Waals surface area contributed by atoms with Gasteiger partial charge in [0.25, 0.3) is 0 Å². The summed E-state index contributed by atoms with van der Waals surface area (Å²) in [7, 11) is -3.73. The molecule has 4 nitrogen and oxygen atoms in total. The first-order chi connectivity index (χ1) is 16.8. The van der Waals surface area contributed by atoms with Gasteiger partial charge in [-0.3, -0.25) is 0 Å². The van der Waals surface area contributed by atoms with Crippen molar-refractivity contribution < 1.29 is 18.7 Å². The molecule has 0 saturated carbocycles. The van der Waals surface area contributed by atoms with Crippen LogP contribution in [0.3, 0.4) is 0 Å². The largest absolute Gasteiger partial charge is 0.417 e. The second kappa shape index (κ2) is 14.1. The number of ether oxygens (including phenoxy) is 1. The first kappa shape index (κ1) is 34.3. The van der Waals surface area contributed by atoms with Crippen LogP contribution in [-0.4, -0.2) is 52.8 Å². The van der Waals surface area contributed by atoms with Gasteiger partial charge >= 0.3 is 0 Å². The van der Waals surface area contributed by atoms with Crippen LogP contribution in [0, 0.1) is 11.8 Å². The van der Waals surface area contributed by atoms with Gasteiger partial charge in [-0.1, -0.05) is 73.3 Å². The average Bonchev–Trinajstić information content (AvgIpc) is 3.23. The van der Waals surface area contributed by atoms with E-state index >= 15 is 0 Å². The van der Waals surface area contributed by atoms with Crippen LogP contribution in [0.1, 0.15) is 93.9 Å². The summed E-state index contributed by atoms with van der Waals surface area (Å²) in [5.74, 6) is 6.12. The van der Waals surface area contributed by atoms with Crippen molar-refractivity contribution in [1.82, 2.24) is 0 Å². The van der Waals surface area contributed by atoms with E-state index in [2.05, 4.69) is 100.0 Å². The summed E-state index contributed by atoms with van der Waals surface area (Å²) in [4.78, 5) is 0. The van der Waals surface area contributed by atoms with Crippen LogP contribution < -0.4 is 0 Å². The molecule has 0 aromatic rings. The van der Waals surface area contributed by atoms with Crippen molar-refractivity contribution in [3.05, 3.63) is 23.8 Å². The van der Waals surface area contributed by atoms with Gasteiger partial charge in [0.15, 0.2) is 16.6 Å². The van der Waals surface area contributed by atoms with Crippen LogP contribution in [0.25, 0.3) is 0 Å². The molecular weight excluding hydrogens is 493 g/mol. The minimum Gasteiger partial charge on any atom is -0.417 e. The highest BCUT2D eigenvalue weighted by molar-refractivity contribution is 6.74. The van der Waals surface area contributed by atoms with Gasteiger partial charge in [0.1, 0.15) is 6.10 Å². The van der Waals surface area contributed by atoms with Crippen molar-refractivity contribution in [2.24, 2.45) is 0 Å². The maximum atomic E-state index is 10.7. The topological polar surface area (TPSA) is 47.9 Å². The molecule has 0 aromatic heterocycles. The third-order valence-electron chi connectivity index (χ3n) is 8.59. The van der Waals surface area contributed by atoms with Crippen LogP contribution in [0.2, 0.25) is 36.3 Å². The number of allylic oxidation sites excluding steroid dienone is 1. The Morgan fingerprint density at radius 3 is 2.22 bits per heavy atom. The number of hydrogen-bond acceptors (Lipinski definition) is 4. The predicted molar refractivity (Wildman–Crippen MR) is 164 cm³/mol. The second-order valence-electron chi connectivity index (χ2n) is 13.9. The number of aliphatic hydroxyl groups excluding tert-OH is 1. The van der Waals surface area contributed by atoms with Crippen LogP contribution in [0.15, 0.2) is 23.8 Å². The van der Waals surface area contributed by atoms with Crippen molar-refractivity contribution in [3.63, 3.8) is 0 Å². The fraction of sp³-hybridized carbons (Fsp3) is 0.806. The Bertz CT molecular complexity index is 821. The van der Waals surface area contributed by atoms with E-state index in [0.717, 1.165) is 56.3 Å².